The highest BCUT2D eigenvalue weighted by molar-refractivity contribution is 5.42. The Morgan fingerprint density at radius 3 is 2.35 bits per heavy atom. The van der Waals surface area contributed by atoms with Crippen molar-refractivity contribution in [3.05, 3.63) is 65.2 Å². The lowest BCUT2D eigenvalue weighted by Crippen LogP contribution is -2.12. The van der Waals surface area contributed by atoms with Crippen molar-refractivity contribution < 1.29 is 9.84 Å². The van der Waals surface area contributed by atoms with Crippen LogP contribution in [0.15, 0.2) is 48.5 Å². The molecule has 2 aromatic rings. The molecule has 2 atom stereocenters. The van der Waals surface area contributed by atoms with Gasteiger partial charge >= 0.3 is 0 Å². The summed E-state index contributed by atoms with van der Waals surface area (Å²) in [7, 11) is 0. The van der Waals surface area contributed by atoms with Crippen molar-refractivity contribution in [1.29, 1.82) is 0 Å². The van der Waals surface area contributed by atoms with Crippen LogP contribution in [0.3, 0.4) is 0 Å². The zero-order valence-electron chi connectivity index (χ0n) is 11.9. The third-order valence-electron chi connectivity index (χ3n) is 4.06. The van der Waals surface area contributed by atoms with Crippen LogP contribution in [0, 0.1) is 0 Å². The minimum Gasteiger partial charge on any atom is -0.493 e. The minimum absolute atomic E-state index is 0.0242. The van der Waals surface area contributed by atoms with Crippen LogP contribution >= 0.6 is 0 Å². The summed E-state index contributed by atoms with van der Waals surface area (Å²) in [6.07, 6.45) is -0.514. The van der Waals surface area contributed by atoms with Crippen molar-refractivity contribution in [3.8, 4) is 5.75 Å². The van der Waals surface area contributed by atoms with Crippen LogP contribution in [-0.2, 0) is 0 Å². The van der Waals surface area contributed by atoms with E-state index in [-0.39, 0.29) is 5.92 Å². The molecule has 0 radical (unpaired) electrons. The Labute approximate surface area is 120 Å². The second-order valence-electron chi connectivity index (χ2n) is 5.72. The largest absolute Gasteiger partial charge is 0.493 e. The Balaban J connectivity index is 1.85. The number of aliphatic hydroxyl groups excluding tert-OH is 1. The summed E-state index contributed by atoms with van der Waals surface area (Å²) in [5.74, 6) is 1.43. The van der Waals surface area contributed by atoms with Crippen LogP contribution in [-0.4, -0.2) is 11.7 Å². The van der Waals surface area contributed by atoms with E-state index in [2.05, 4.69) is 26.0 Å². The Bertz CT molecular complexity index is 587. The van der Waals surface area contributed by atoms with Gasteiger partial charge in [0.25, 0.3) is 0 Å². The van der Waals surface area contributed by atoms with Crippen molar-refractivity contribution in [2.75, 3.05) is 6.61 Å². The first-order chi connectivity index (χ1) is 9.66. The molecule has 104 valence electrons. The molecular weight excluding hydrogens is 248 g/mol. The molecule has 0 spiro atoms. The molecule has 3 rings (SSSR count). The lowest BCUT2D eigenvalue weighted by atomic mass is 9.90. The second-order valence-corrected chi connectivity index (χ2v) is 5.72. The topological polar surface area (TPSA) is 29.5 Å². The SMILES string of the molecule is CC(C)c1ccc(C(O)C2COc3ccccc32)cc1. The lowest BCUT2D eigenvalue weighted by molar-refractivity contribution is 0.130. The van der Waals surface area contributed by atoms with Crippen molar-refractivity contribution in [3.63, 3.8) is 0 Å². The molecule has 0 amide bonds. The summed E-state index contributed by atoms with van der Waals surface area (Å²) in [4.78, 5) is 0. The van der Waals surface area contributed by atoms with Crippen LogP contribution in [0.2, 0.25) is 0 Å². The standard InChI is InChI=1S/C18H20O2/c1-12(2)13-7-9-14(10-8-13)18(19)16-11-20-17-6-4-3-5-15(16)17/h3-10,12,16,18-19H,11H2,1-2H3. The number of rotatable bonds is 3. The Morgan fingerprint density at radius 2 is 1.65 bits per heavy atom. The number of hydrogen-bond acceptors (Lipinski definition) is 2. The molecule has 0 saturated carbocycles. The van der Waals surface area contributed by atoms with E-state index in [9.17, 15) is 5.11 Å². The number of para-hydroxylation sites is 1. The third-order valence-corrected chi connectivity index (χ3v) is 4.06. The first-order valence-electron chi connectivity index (χ1n) is 7.16. The lowest BCUT2D eigenvalue weighted by Gasteiger charge is -2.18. The maximum atomic E-state index is 10.6. The van der Waals surface area contributed by atoms with Crippen molar-refractivity contribution in [2.45, 2.75) is 31.8 Å². The fraction of sp³-hybridized carbons (Fsp3) is 0.333. The molecule has 2 aromatic carbocycles. The molecule has 2 unspecified atom stereocenters. The predicted molar refractivity (Wildman–Crippen MR) is 80.2 cm³/mol. The predicted octanol–water partition coefficient (Wildman–Crippen LogP) is 4.02. The first-order valence-corrected chi connectivity index (χ1v) is 7.16. The Morgan fingerprint density at radius 1 is 1.00 bits per heavy atom. The van der Waals surface area contributed by atoms with Crippen molar-refractivity contribution >= 4 is 0 Å². The molecule has 1 aliphatic rings. The first kappa shape index (κ1) is 13.2. The Kier molecular flexibility index (Phi) is 3.49. The van der Waals surface area contributed by atoms with Crippen molar-refractivity contribution in [1.82, 2.24) is 0 Å². The molecule has 0 aliphatic carbocycles. The normalized spacial score (nSPS) is 18.7. The van der Waals surface area contributed by atoms with Gasteiger partial charge in [-0.15, -0.1) is 0 Å². The van der Waals surface area contributed by atoms with E-state index in [1.807, 2.05) is 36.4 Å². The highest BCUT2D eigenvalue weighted by atomic mass is 16.5. The summed E-state index contributed by atoms with van der Waals surface area (Å²) < 4.78 is 5.66. The average Bonchev–Trinajstić information content (AvgIpc) is 2.90. The monoisotopic (exact) mass is 268 g/mol. The molecule has 2 heteroatoms. The van der Waals surface area contributed by atoms with Crippen LogP contribution in [0.25, 0.3) is 0 Å². The Hall–Kier alpha value is -1.80. The van der Waals surface area contributed by atoms with E-state index in [4.69, 9.17) is 4.74 Å². The van der Waals surface area contributed by atoms with Gasteiger partial charge in [-0.05, 0) is 23.1 Å². The number of ether oxygens (including phenoxy) is 1. The second kappa shape index (κ2) is 5.29. The van der Waals surface area contributed by atoms with Gasteiger partial charge in [0.15, 0.2) is 0 Å². The summed E-state index contributed by atoms with van der Waals surface area (Å²) in [6.45, 7) is 4.89. The molecule has 1 heterocycles. The molecular formula is C18H20O2. The minimum atomic E-state index is -0.514. The van der Waals surface area contributed by atoms with Gasteiger partial charge < -0.3 is 9.84 Å². The highest BCUT2D eigenvalue weighted by Crippen LogP contribution is 2.41. The van der Waals surface area contributed by atoms with Gasteiger partial charge in [-0.3, -0.25) is 0 Å². The number of fused-ring (bicyclic) bond motifs is 1. The van der Waals surface area contributed by atoms with Gasteiger partial charge in [-0.2, -0.15) is 0 Å². The van der Waals surface area contributed by atoms with Gasteiger partial charge in [0, 0.05) is 5.56 Å². The molecule has 1 aliphatic heterocycles. The van der Waals surface area contributed by atoms with Crippen molar-refractivity contribution in [2.24, 2.45) is 0 Å². The maximum absolute atomic E-state index is 10.6. The zero-order chi connectivity index (χ0) is 14.1. The van der Waals surface area contributed by atoms with Gasteiger partial charge in [-0.1, -0.05) is 56.3 Å². The molecule has 20 heavy (non-hydrogen) atoms. The van der Waals surface area contributed by atoms with Crippen LogP contribution in [0.4, 0.5) is 0 Å². The van der Waals surface area contributed by atoms with Crippen LogP contribution in [0.1, 0.15) is 48.5 Å². The fourth-order valence-electron chi connectivity index (χ4n) is 2.76. The molecule has 2 nitrogen and oxygen atoms in total. The molecule has 0 fully saturated rings. The summed E-state index contributed by atoms with van der Waals surface area (Å²) in [5.41, 5.74) is 3.36. The third kappa shape index (κ3) is 2.32. The average molecular weight is 268 g/mol. The van der Waals surface area contributed by atoms with E-state index >= 15 is 0 Å². The molecule has 1 N–H and O–H groups in total. The number of benzene rings is 2. The van der Waals surface area contributed by atoms with E-state index in [0.29, 0.717) is 12.5 Å². The van der Waals surface area contributed by atoms with Gasteiger partial charge in [0.1, 0.15) is 5.75 Å². The van der Waals surface area contributed by atoms with E-state index in [1.165, 1.54) is 5.56 Å². The number of aliphatic hydroxyl groups is 1. The summed E-state index contributed by atoms with van der Waals surface area (Å²) in [6, 6.07) is 16.2. The molecule has 0 saturated heterocycles. The van der Waals surface area contributed by atoms with E-state index in [1.54, 1.807) is 0 Å². The fourth-order valence-corrected chi connectivity index (χ4v) is 2.76. The maximum Gasteiger partial charge on any atom is 0.123 e. The highest BCUT2D eigenvalue weighted by Gasteiger charge is 2.30. The van der Waals surface area contributed by atoms with Crippen LogP contribution in [0.5, 0.6) is 5.75 Å². The van der Waals surface area contributed by atoms with E-state index in [0.717, 1.165) is 16.9 Å². The summed E-state index contributed by atoms with van der Waals surface area (Å²) >= 11 is 0. The van der Waals surface area contributed by atoms with Crippen LogP contribution < -0.4 is 4.74 Å². The zero-order valence-corrected chi connectivity index (χ0v) is 11.9. The quantitative estimate of drug-likeness (QED) is 0.911. The van der Waals surface area contributed by atoms with Gasteiger partial charge in [0.2, 0.25) is 0 Å². The molecule has 0 aromatic heterocycles. The smallest absolute Gasteiger partial charge is 0.123 e. The molecule has 0 bridgehead atoms. The van der Waals surface area contributed by atoms with Gasteiger partial charge in [-0.25, -0.2) is 0 Å². The van der Waals surface area contributed by atoms with Gasteiger partial charge in [0.05, 0.1) is 18.6 Å². The summed E-state index contributed by atoms with van der Waals surface area (Å²) in [5, 5.41) is 10.6. The number of hydrogen-bond donors (Lipinski definition) is 1. The van der Waals surface area contributed by atoms with E-state index < -0.39 is 6.10 Å².